The van der Waals surface area contributed by atoms with E-state index in [2.05, 4.69) is 6.58 Å². The Hall–Kier alpha value is -1.81. The predicted octanol–water partition coefficient (Wildman–Crippen LogP) is 3.23. The van der Waals surface area contributed by atoms with Crippen molar-refractivity contribution in [1.29, 1.82) is 0 Å². The fourth-order valence-corrected chi connectivity index (χ4v) is 1.78. The first-order chi connectivity index (χ1) is 10.0. The second-order valence-corrected chi connectivity index (χ2v) is 5.16. The van der Waals surface area contributed by atoms with Crippen molar-refractivity contribution < 1.29 is 14.3 Å². The van der Waals surface area contributed by atoms with Crippen LogP contribution in [0.25, 0.3) is 6.08 Å². The highest BCUT2D eigenvalue weighted by molar-refractivity contribution is 5.95. The van der Waals surface area contributed by atoms with E-state index in [4.69, 9.17) is 9.47 Å². The van der Waals surface area contributed by atoms with Gasteiger partial charge in [0, 0.05) is 44.4 Å². The van der Waals surface area contributed by atoms with E-state index in [9.17, 15) is 4.79 Å². The Morgan fingerprint density at radius 2 is 2.10 bits per heavy atom. The highest BCUT2D eigenvalue weighted by Crippen LogP contribution is 2.23. The molecule has 0 aromatic heterocycles. The topological polar surface area (TPSA) is 38.8 Å². The van der Waals surface area contributed by atoms with Gasteiger partial charge in [0.05, 0.1) is 6.61 Å². The van der Waals surface area contributed by atoms with Crippen molar-refractivity contribution in [2.24, 2.45) is 0 Å². The molecule has 1 aromatic rings. The van der Waals surface area contributed by atoms with E-state index in [0.717, 1.165) is 12.0 Å². The Kier molecular flexibility index (Phi) is 6.96. The fourth-order valence-electron chi connectivity index (χ4n) is 1.78. The van der Waals surface area contributed by atoms with Gasteiger partial charge in [-0.1, -0.05) is 18.7 Å². The smallest absolute Gasteiger partial charge is 0.253 e. The van der Waals surface area contributed by atoms with E-state index in [-0.39, 0.29) is 11.9 Å². The lowest BCUT2D eigenvalue weighted by molar-refractivity contribution is 0.0754. The van der Waals surface area contributed by atoms with Gasteiger partial charge in [-0.15, -0.1) is 0 Å². The van der Waals surface area contributed by atoms with Crippen molar-refractivity contribution >= 4 is 12.0 Å². The highest BCUT2D eigenvalue weighted by Gasteiger charge is 2.16. The number of carbonyl (C=O) groups excluding carboxylic acids is 1. The number of benzene rings is 1. The van der Waals surface area contributed by atoms with E-state index < -0.39 is 0 Å². The molecule has 116 valence electrons. The lowest BCUT2D eigenvalue weighted by atomic mass is 10.1. The van der Waals surface area contributed by atoms with Crippen LogP contribution in [-0.4, -0.2) is 44.2 Å². The first-order valence-corrected chi connectivity index (χ1v) is 7.16. The van der Waals surface area contributed by atoms with Gasteiger partial charge in [-0.05, 0) is 26.0 Å². The minimum Gasteiger partial charge on any atom is -0.493 e. The summed E-state index contributed by atoms with van der Waals surface area (Å²) >= 11 is 0. The standard InChI is InChI=1S/C17H25NO3/c1-6-14-8-9-15(17(19)18(4)13(2)3)12-16(14)21-11-7-10-20-5/h6,8-9,12-13H,1,7,10-11H2,2-5H3. The maximum Gasteiger partial charge on any atom is 0.253 e. The zero-order chi connectivity index (χ0) is 15.8. The van der Waals surface area contributed by atoms with Crippen LogP contribution in [0.4, 0.5) is 0 Å². The van der Waals surface area contributed by atoms with Crippen LogP contribution in [0, 0.1) is 0 Å². The third-order valence-electron chi connectivity index (χ3n) is 3.33. The number of hydrogen-bond donors (Lipinski definition) is 0. The van der Waals surface area contributed by atoms with Crippen LogP contribution in [0.5, 0.6) is 5.75 Å². The molecule has 0 atom stereocenters. The van der Waals surface area contributed by atoms with Crippen LogP contribution in [0.15, 0.2) is 24.8 Å². The summed E-state index contributed by atoms with van der Waals surface area (Å²) in [6, 6.07) is 5.60. The Morgan fingerprint density at radius 3 is 2.67 bits per heavy atom. The first-order valence-electron chi connectivity index (χ1n) is 7.16. The van der Waals surface area contributed by atoms with Gasteiger partial charge in [0.1, 0.15) is 5.75 Å². The van der Waals surface area contributed by atoms with E-state index in [1.165, 1.54) is 0 Å². The second kappa shape index (κ2) is 8.47. The van der Waals surface area contributed by atoms with Gasteiger partial charge in [-0.3, -0.25) is 4.79 Å². The van der Waals surface area contributed by atoms with Gasteiger partial charge in [-0.2, -0.15) is 0 Å². The molecule has 21 heavy (non-hydrogen) atoms. The summed E-state index contributed by atoms with van der Waals surface area (Å²) in [5.74, 6) is 0.673. The molecule has 0 N–H and O–H groups in total. The van der Waals surface area contributed by atoms with Crippen LogP contribution < -0.4 is 4.74 Å². The SMILES string of the molecule is C=Cc1ccc(C(=O)N(C)C(C)C)cc1OCCCOC. The van der Waals surface area contributed by atoms with E-state index in [1.54, 1.807) is 37.3 Å². The van der Waals surface area contributed by atoms with Crippen LogP contribution in [0.2, 0.25) is 0 Å². The van der Waals surface area contributed by atoms with E-state index in [1.807, 2.05) is 19.9 Å². The molecular formula is C17H25NO3. The van der Waals surface area contributed by atoms with Gasteiger partial charge < -0.3 is 14.4 Å². The molecule has 0 bridgehead atoms. The van der Waals surface area contributed by atoms with E-state index in [0.29, 0.717) is 24.5 Å². The Balaban J connectivity index is 2.88. The minimum atomic E-state index is -0.0117. The van der Waals surface area contributed by atoms with Crippen LogP contribution >= 0.6 is 0 Å². The van der Waals surface area contributed by atoms with Gasteiger partial charge in [0.2, 0.25) is 0 Å². The molecule has 4 nitrogen and oxygen atoms in total. The van der Waals surface area contributed by atoms with Crippen molar-refractivity contribution in [2.45, 2.75) is 26.3 Å². The number of rotatable bonds is 8. The second-order valence-electron chi connectivity index (χ2n) is 5.16. The molecule has 0 saturated heterocycles. The number of amides is 1. The lowest BCUT2D eigenvalue weighted by Gasteiger charge is -2.22. The highest BCUT2D eigenvalue weighted by atomic mass is 16.5. The number of methoxy groups -OCH3 is 1. The average Bonchev–Trinajstić information content (AvgIpc) is 2.49. The summed E-state index contributed by atoms with van der Waals surface area (Å²) in [7, 11) is 3.46. The van der Waals surface area contributed by atoms with Gasteiger partial charge in [0.15, 0.2) is 0 Å². The third-order valence-corrected chi connectivity index (χ3v) is 3.33. The molecule has 0 aliphatic carbocycles. The monoisotopic (exact) mass is 291 g/mol. The van der Waals surface area contributed by atoms with Crippen molar-refractivity contribution in [3.63, 3.8) is 0 Å². The molecular weight excluding hydrogens is 266 g/mol. The Bertz CT molecular complexity index is 483. The molecule has 0 radical (unpaired) electrons. The number of hydrogen-bond acceptors (Lipinski definition) is 3. The molecule has 1 rings (SSSR count). The zero-order valence-corrected chi connectivity index (χ0v) is 13.4. The maximum atomic E-state index is 12.3. The molecule has 1 amide bonds. The molecule has 4 heteroatoms. The summed E-state index contributed by atoms with van der Waals surface area (Å²) in [5, 5.41) is 0. The van der Waals surface area contributed by atoms with Crippen LogP contribution in [-0.2, 0) is 4.74 Å². The number of ether oxygens (including phenoxy) is 2. The first kappa shape index (κ1) is 17.2. The van der Waals surface area contributed by atoms with Crippen molar-refractivity contribution in [3.8, 4) is 5.75 Å². The third kappa shape index (κ3) is 4.90. The fraction of sp³-hybridized carbons (Fsp3) is 0.471. The normalized spacial score (nSPS) is 10.5. The minimum absolute atomic E-state index is 0.0117. The largest absolute Gasteiger partial charge is 0.493 e. The number of nitrogens with zero attached hydrogens (tertiary/aromatic N) is 1. The zero-order valence-electron chi connectivity index (χ0n) is 13.4. The quantitative estimate of drug-likeness (QED) is 0.690. The van der Waals surface area contributed by atoms with Crippen molar-refractivity contribution in [3.05, 3.63) is 35.9 Å². The van der Waals surface area contributed by atoms with Crippen molar-refractivity contribution in [2.75, 3.05) is 27.4 Å². The summed E-state index contributed by atoms with van der Waals surface area (Å²) in [4.78, 5) is 14.0. The van der Waals surface area contributed by atoms with Gasteiger partial charge in [0.25, 0.3) is 5.91 Å². The van der Waals surface area contributed by atoms with Gasteiger partial charge in [-0.25, -0.2) is 0 Å². The predicted molar refractivity (Wildman–Crippen MR) is 85.8 cm³/mol. The Labute approximate surface area is 127 Å². The molecule has 0 aliphatic heterocycles. The number of carbonyl (C=O) groups is 1. The lowest BCUT2D eigenvalue weighted by Crippen LogP contribution is -2.32. The van der Waals surface area contributed by atoms with Crippen LogP contribution in [0.3, 0.4) is 0 Å². The summed E-state index contributed by atoms with van der Waals surface area (Å²) in [6.45, 7) is 8.94. The summed E-state index contributed by atoms with van der Waals surface area (Å²) < 4.78 is 10.7. The molecule has 0 unspecified atom stereocenters. The molecule has 0 saturated carbocycles. The van der Waals surface area contributed by atoms with Gasteiger partial charge >= 0.3 is 0 Å². The van der Waals surface area contributed by atoms with Crippen molar-refractivity contribution in [1.82, 2.24) is 4.90 Å². The average molecular weight is 291 g/mol. The Morgan fingerprint density at radius 1 is 1.38 bits per heavy atom. The summed E-state index contributed by atoms with van der Waals surface area (Å²) in [6.07, 6.45) is 2.53. The molecule has 0 fully saturated rings. The molecule has 0 aliphatic rings. The van der Waals surface area contributed by atoms with Crippen LogP contribution in [0.1, 0.15) is 36.2 Å². The maximum absolute atomic E-state index is 12.3. The molecule has 0 heterocycles. The van der Waals surface area contributed by atoms with E-state index >= 15 is 0 Å². The molecule has 0 spiro atoms. The summed E-state index contributed by atoms with van der Waals surface area (Å²) in [5.41, 5.74) is 1.51. The molecule has 1 aromatic carbocycles.